The Bertz CT molecular complexity index is 243. The fourth-order valence-electron chi connectivity index (χ4n) is 0.701. The van der Waals surface area contributed by atoms with Crippen molar-refractivity contribution in [1.29, 1.82) is 0 Å². The molecule has 0 aliphatic rings. The summed E-state index contributed by atoms with van der Waals surface area (Å²) in [5.41, 5.74) is 1.16. The Kier molecular flexibility index (Phi) is 2.63. The smallest absolute Gasteiger partial charge is 0.0431 e. The fraction of sp³-hybridized carbons (Fsp3) is 0.125. The Morgan fingerprint density at radius 3 is 3.00 bits per heavy atom. The van der Waals surface area contributed by atoms with Crippen LogP contribution in [0.25, 0.3) is 6.08 Å². The van der Waals surface area contributed by atoms with E-state index >= 15 is 0 Å². The molecule has 0 saturated heterocycles. The summed E-state index contributed by atoms with van der Waals surface area (Å²) in [6, 6.07) is 1.96. The predicted octanol–water partition coefficient (Wildman–Crippen LogP) is 2.88. The molecule has 1 aromatic heterocycles. The van der Waals surface area contributed by atoms with Gasteiger partial charge in [0, 0.05) is 16.9 Å². The van der Waals surface area contributed by atoms with Gasteiger partial charge in [-0.2, -0.15) is 0 Å². The molecule has 0 aliphatic heterocycles. The predicted molar refractivity (Wildman–Crippen MR) is 46.6 cm³/mol. The number of nitrogens with zero attached hydrogens (tertiary/aromatic N) is 1. The molecule has 1 aromatic rings. The second-order valence-corrected chi connectivity index (χ2v) is 2.75. The minimum absolute atomic E-state index is 1.04. The Hall–Kier alpha value is -0.630. The number of hydrogen-bond donors (Lipinski definition) is 0. The van der Waals surface area contributed by atoms with Crippen molar-refractivity contribution in [2.45, 2.75) is 6.92 Å². The second kappa shape index (κ2) is 3.52. The van der Waals surface area contributed by atoms with Gasteiger partial charge in [0.05, 0.1) is 0 Å². The number of halogens is 1. The highest BCUT2D eigenvalue weighted by atomic mass is 79.9. The molecule has 10 heavy (non-hydrogen) atoms. The van der Waals surface area contributed by atoms with Crippen LogP contribution in [-0.4, -0.2) is 4.98 Å². The van der Waals surface area contributed by atoms with E-state index in [4.69, 9.17) is 0 Å². The van der Waals surface area contributed by atoms with Crippen molar-refractivity contribution in [2.75, 3.05) is 0 Å². The molecule has 0 spiro atoms. The third-order valence-electron chi connectivity index (χ3n) is 1.15. The van der Waals surface area contributed by atoms with E-state index in [1.165, 1.54) is 0 Å². The molecular weight excluding hydrogens is 190 g/mol. The minimum Gasteiger partial charge on any atom is -0.264 e. The number of allylic oxidation sites excluding steroid dienone is 1. The summed E-state index contributed by atoms with van der Waals surface area (Å²) in [7, 11) is 0. The highest BCUT2D eigenvalue weighted by molar-refractivity contribution is 9.10. The molecule has 0 aromatic carbocycles. The maximum Gasteiger partial charge on any atom is 0.0431 e. The molecule has 0 saturated carbocycles. The lowest BCUT2D eigenvalue weighted by atomic mass is 10.2. The van der Waals surface area contributed by atoms with Crippen molar-refractivity contribution in [1.82, 2.24) is 4.98 Å². The molecule has 0 atom stereocenters. The summed E-state index contributed by atoms with van der Waals surface area (Å²) in [5.74, 6) is 0. The minimum atomic E-state index is 1.04. The Morgan fingerprint density at radius 2 is 2.40 bits per heavy atom. The van der Waals surface area contributed by atoms with E-state index < -0.39 is 0 Å². The Morgan fingerprint density at radius 1 is 1.60 bits per heavy atom. The van der Waals surface area contributed by atoms with Crippen molar-refractivity contribution in [3.05, 3.63) is 34.6 Å². The fourth-order valence-corrected chi connectivity index (χ4v) is 1.08. The van der Waals surface area contributed by atoms with Crippen LogP contribution >= 0.6 is 15.9 Å². The van der Waals surface area contributed by atoms with Gasteiger partial charge in [-0.1, -0.05) is 12.2 Å². The largest absolute Gasteiger partial charge is 0.264 e. The van der Waals surface area contributed by atoms with Crippen molar-refractivity contribution in [2.24, 2.45) is 0 Å². The summed E-state index contributed by atoms with van der Waals surface area (Å²) in [5, 5.41) is 0. The highest BCUT2D eigenvalue weighted by Crippen LogP contribution is 2.15. The van der Waals surface area contributed by atoms with Crippen LogP contribution in [0.2, 0.25) is 0 Å². The zero-order valence-electron chi connectivity index (χ0n) is 5.71. The second-order valence-electron chi connectivity index (χ2n) is 1.90. The van der Waals surface area contributed by atoms with Crippen LogP contribution in [0.3, 0.4) is 0 Å². The maximum absolute atomic E-state index is 3.95. The number of aromatic nitrogens is 1. The van der Waals surface area contributed by atoms with Gasteiger partial charge in [0.2, 0.25) is 0 Å². The summed E-state index contributed by atoms with van der Waals surface area (Å²) >= 11 is 3.38. The van der Waals surface area contributed by atoms with Crippen LogP contribution in [0, 0.1) is 0 Å². The molecule has 0 fully saturated rings. The van der Waals surface area contributed by atoms with Crippen LogP contribution in [0.15, 0.2) is 29.0 Å². The third kappa shape index (κ3) is 1.67. The summed E-state index contributed by atoms with van der Waals surface area (Å²) in [6.07, 6.45) is 7.60. The lowest BCUT2D eigenvalue weighted by molar-refractivity contribution is 1.30. The van der Waals surface area contributed by atoms with Gasteiger partial charge < -0.3 is 0 Å². The molecule has 2 heteroatoms. The normalized spacial score (nSPS) is 10.6. The molecule has 1 heterocycles. The molecule has 52 valence electrons. The number of rotatable bonds is 1. The van der Waals surface area contributed by atoms with Crippen molar-refractivity contribution >= 4 is 22.0 Å². The molecular formula is C8H8BrN. The third-order valence-corrected chi connectivity index (χ3v) is 1.81. The molecule has 1 nitrogen and oxygen atoms in total. The highest BCUT2D eigenvalue weighted by Gasteiger charge is 1.90. The van der Waals surface area contributed by atoms with Crippen molar-refractivity contribution < 1.29 is 0 Å². The number of pyridine rings is 1. The molecule has 0 amide bonds. The summed E-state index contributed by atoms with van der Waals surface area (Å²) < 4.78 is 1.04. The maximum atomic E-state index is 3.95. The van der Waals surface area contributed by atoms with Crippen LogP contribution in [0.5, 0.6) is 0 Å². The van der Waals surface area contributed by atoms with E-state index in [0.29, 0.717) is 0 Å². The Balaban J connectivity index is 3.03. The molecule has 0 unspecified atom stereocenters. The molecule has 0 aliphatic carbocycles. The van der Waals surface area contributed by atoms with Crippen molar-refractivity contribution in [3.8, 4) is 0 Å². The monoisotopic (exact) mass is 197 g/mol. The van der Waals surface area contributed by atoms with E-state index in [9.17, 15) is 0 Å². The van der Waals surface area contributed by atoms with Crippen LogP contribution in [0.1, 0.15) is 12.5 Å². The van der Waals surface area contributed by atoms with Gasteiger partial charge >= 0.3 is 0 Å². The quantitative estimate of drug-likeness (QED) is 0.675. The van der Waals surface area contributed by atoms with Gasteiger partial charge in [0.15, 0.2) is 0 Å². The zero-order chi connectivity index (χ0) is 7.40. The average molecular weight is 198 g/mol. The first kappa shape index (κ1) is 7.48. The van der Waals surface area contributed by atoms with E-state index in [0.717, 1.165) is 10.0 Å². The molecule has 0 radical (unpaired) electrons. The standard InChI is InChI=1S/C8H8BrN/c1-2-3-7-4-5-10-6-8(7)9/h2-6H,1H3/b3-2-. The van der Waals surface area contributed by atoms with Gasteiger partial charge in [-0.25, -0.2) is 0 Å². The van der Waals surface area contributed by atoms with Crippen LogP contribution in [-0.2, 0) is 0 Å². The van der Waals surface area contributed by atoms with Crippen molar-refractivity contribution in [3.63, 3.8) is 0 Å². The SMILES string of the molecule is C/C=C\c1ccncc1Br. The first-order chi connectivity index (χ1) is 4.84. The van der Waals surface area contributed by atoms with Gasteiger partial charge in [-0.15, -0.1) is 0 Å². The Labute approximate surface area is 68.9 Å². The first-order valence-corrected chi connectivity index (χ1v) is 3.86. The van der Waals surface area contributed by atoms with E-state index in [-0.39, 0.29) is 0 Å². The van der Waals surface area contributed by atoms with Crippen LogP contribution < -0.4 is 0 Å². The zero-order valence-corrected chi connectivity index (χ0v) is 7.30. The van der Waals surface area contributed by atoms with E-state index in [1.807, 2.05) is 25.1 Å². The van der Waals surface area contributed by atoms with E-state index in [1.54, 1.807) is 12.4 Å². The summed E-state index contributed by atoms with van der Waals surface area (Å²) in [6.45, 7) is 1.99. The lowest BCUT2D eigenvalue weighted by Gasteiger charge is -1.93. The molecule has 0 N–H and O–H groups in total. The average Bonchev–Trinajstić information content (AvgIpc) is 1.94. The molecule has 0 bridgehead atoms. The van der Waals surface area contributed by atoms with Gasteiger partial charge in [0.25, 0.3) is 0 Å². The van der Waals surface area contributed by atoms with E-state index in [2.05, 4.69) is 20.9 Å². The molecule has 1 rings (SSSR count). The first-order valence-electron chi connectivity index (χ1n) is 3.07. The number of hydrogen-bond acceptors (Lipinski definition) is 1. The van der Waals surface area contributed by atoms with Crippen LogP contribution in [0.4, 0.5) is 0 Å². The van der Waals surface area contributed by atoms with Gasteiger partial charge in [-0.05, 0) is 34.5 Å². The van der Waals surface area contributed by atoms with Gasteiger partial charge in [0.1, 0.15) is 0 Å². The lowest BCUT2D eigenvalue weighted by Crippen LogP contribution is -1.75. The van der Waals surface area contributed by atoms with Gasteiger partial charge in [-0.3, -0.25) is 4.98 Å². The summed E-state index contributed by atoms with van der Waals surface area (Å²) in [4.78, 5) is 3.95. The topological polar surface area (TPSA) is 12.9 Å².